The number of piperazine rings is 1. The van der Waals surface area contributed by atoms with Crippen LogP contribution in [0.4, 0.5) is 22.9 Å². The van der Waals surface area contributed by atoms with Crippen molar-refractivity contribution in [2.24, 2.45) is 5.92 Å². The first-order valence-corrected chi connectivity index (χ1v) is 21.1. The van der Waals surface area contributed by atoms with Crippen molar-refractivity contribution in [3.8, 4) is 0 Å². The van der Waals surface area contributed by atoms with Crippen molar-refractivity contribution in [1.29, 1.82) is 0 Å². The van der Waals surface area contributed by atoms with Crippen molar-refractivity contribution < 1.29 is 24.0 Å². The van der Waals surface area contributed by atoms with Gasteiger partial charge in [0.05, 0.1) is 38.1 Å². The van der Waals surface area contributed by atoms with Gasteiger partial charge in [0.1, 0.15) is 11.9 Å². The van der Waals surface area contributed by atoms with Gasteiger partial charge in [-0.1, -0.05) is 12.8 Å². The lowest BCUT2D eigenvalue weighted by atomic mass is 9.85. The van der Waals surface area contributed by atoms with Crippen molar-refractivity contribution in [2.75, 3.05) is 48.3 Å². The first kappa shape index (κ1) is 37.2. The number of rotatable bonds is 10. The molecule has 4 aromatic rings. The molecule has 57 heavy (non-hydrogen) atoms. The molecule has 2 aromatic carbocycles. The molecule has 14 nitrogen and oxygen atoms in total. The standard InChI is InChI=1S/C42H47N9O5S/c52-38-14-13-35(40(54)48-38)51-41(55)30-11-10-29(20-31(30)42(51)56)50-17-15-49(16-18-50)23-25-5-7-27(8-6-25)47-39(53)32-22-43-37(21-34(32)45-26-3-1-2-4-26)46-28-9-12-33-36(19-28)57-24-44-33/h9-12,19-22,24-27,35H,1-8,13-18,23H2,(H,47,53)(H2,43,45,46)(H,48,52,54). The number of imide groups is 2. The topological polar surface area (TPSA) is 169 Å². The van der Waals surface area contributed by atoms with Crippen LogP contribution in [-0.2, 0) is 9.59 Å². The van der Waals surface area contributed by atoms with E-state index in [1.165, 1.54) is 12.8 Å². The summed E-state index contributed by atoms with van der Waals surface area (Å²) in [7, 11) is 0. The molecule has 9 rings (SSSR count). The maximum absolute atomic E-state index is 13.8. The maximum Gasteiger partial charge on any atom is 0.262 e. The molecule has 1 atom stereocenters. The van der Waals surface area contributed by atoms with Crippen LogP contribution in [0.15, 0.2) is 54.2 Å². The molecule has 0 radical (unpaired) electrons. The third kappa shape index (κ3) is 7.82. The number of carbonyl (C=O) groups is 5. The minimum absolute atomic E-state index is 0.0819. The largest absolute Gasteiger partial charge is 0.382 e. The predicted octanol–water partition coefficient (Wildman–Crippen LogP) is 5.30. The number of thiazole rings is 1. The Morgan fingerprint density at radius 3 is 2.40 bits per heavy atom. The van der Waals surface area contributed by atoms with E-state index in [-0.39, 0.29) is 24.8 Å². The number of piperidine rings is 1. The van der Waals surface area contributed by atoms with E-state index in [1.807, 2.05) is 29.8 Å². The zero-order valence-corrected chi connectivity index (χ0v) is 32.6. The second-order valence-corrected chi connectivity index (χ2v) is 16.9. The van der Waals surface area contributed by atoms with Crippen LogP contribution < -0.4 is 26.2 Å². The molecule has 2 saturated heterocycles. The van der Waals surface area contributed by atoms with Crippen LogP contribution >= 0.6 is 11.3 Å². The highest BCUT2D eigenvalue weighted by atomic mass is 32.1. The molecule has 5 heterocycles. The molecule has 3 aliphatic heterocycles. The van der Waals surface area contributed by atoms with Gasteiger partial charge < -0.3 is 20.9 Å². The Hall–Kier alpha value is -5.41. The van der Waals surface area contributed by atoms with E-state index in [1.54, 1.807) is 29.7 Å². The maximum atomic E-state index is 13.8. The van der Waals surface area contributed by atoms with Crippen LogP contribution in [0.3, 0.4) is 0 Å². The predicted molar refractivity (Wildman–Crippen MR) is 218 cm³/mol. The van der Waals surface area contributed by atoms with Gasteiger partial charge in [0, 0.05) is 74.9 Å². The third-order valence-electron chi connectivity index (χ3n) is 12.3. The molecule has 0 bridgehead atoms. The van der Waals surface area contributed by atoms with Crippen molar-refractivity contribution in [2.45, 2.75) is 82.3 Å². The second kappa shape index (κ2) is 15.9. The van der Waals surface area contributed by atoms with E-state index in [4.69, 9.17) is 0 Å². The minimum Gasteiger partial charge on any atom is -0.382 e. The Morgan fingerprint density at radius 1 is 0.825 bits per heavy atom. The summed E-state index contributed by atoms with van der Waals surface area (Å²) in [6.45, 7) is 4.37. The summed E-state index contributed by atoms with van der Waals surface area (Å²) >= 11 is 1.60. The molecule has 4 fully saturated rings. The highest BCUT2D eigenvalue weighted by molar-refractivity contribution is 7.16. The molecule has 2 aromatic heterocycles. The SMILES string of the molecule is O=C1CCC(N2C(=O)c3ccc(N4CCN(CC5CCC(NC(=O)c6cnc(Nc7ccc8ncsc8c7)cc6NC6CCCC6)CC5)CC4)cc3C2=O)C(=O)N1. The summed E-state index contributed by atoms with van der Waals surface area (Å²) in [5.74, 6) is -0.804. The molecular weight excluding hydrogens is 743 g/mol. The monoisotopic (exact) mass is 789 g/mol. The Morgan fingerprint density at radius 2 is 1.61 bits per heavy atom. The molecule has 0 spiro atoms. The lowest BCUT2D eigenvalue weighted by Crippen LogP contribution is -2.54. The lowest BCUT2D eigenvalue weighted by Gasteiger charge is -2.39. The van der Waals surface area contributed by atoms with Crippen molar-refractivity contribution in [3.63, 3.8) is 0 Å². The molecule has 4 N–H and O–H groups in total. The van der Waals surface area contributed by atoms with Crippen LogP contribution in [0.25, 0.3) is 10.2 Å². The van der Waals surface area contributed by atoms with Crippen LogP contribution in [0, 0.1) is 5.92 Å². The number of nitrogens with one attached hydrogen (secondary N) is 4. The number of nitrogens with zero attached hydrogens (tertiary/aromatic N) is 5. The van der Waals surface area contributed by atoms with Gasteiger partial charge in [-0.25, -0.2) is 9.97 Å². The molecule has 2 aliphatic carbocycles. The lowest BCUT2D eigenvalue weighted by molar-refractivity contribution is -0.136. The number of fused-ring (bicyclic) bond motifs is 2. The van der Waals surface area contributed by atoms with Gasteiger partial charge in [0.25, 0.3) is 17.7 Å². The summed E-state index contributed by atoms with van der Waals surface area (Å²) < 4.78 is 1.10. The first-order chi connectivity index (χ1) is 27.8. The molecule has 1 unspecified atom stereocenters. The molecule has 5 amide bonds. The van der Waals surface area contributed by atoms with Gasteiger partial charge in [-0.05, 0) is 87.3 Å². The average Bonchev–Trinajstić information content (AvgIpc) is 3.96. The quantitative estimate of drug-likeness (QED) is 0.154. The Balaban J connectivity index is 0.763. The molecule has 296 valence electrons. The fourth-order valence-electron chi connectivity index (χ4n) is 9.16. The van der Waals surface area contributed by atoms with Gasteiger partial charge >= 0.3 is 0 Å². The van der Waals surface area contributed by atoms with Gasteiger partial charge in [-0.15, -0.1) is 11.3 Å². The van der Waals surface area contributed by atoms with Crippen LogP contribution in [0.5, 0.6) is 0 Å². The third-order valence-corrected chi connectivity index (χ3v) is 13.1. The number of amides is 5. The smallest absolute Gasteiger partial charge is 0.262 e. The Kier molecular flexibility index (Phi) is 10.3. The number of hydrogen-bond donors (Lipinski definition) is 4. The summed E-state index contributed by atoms with van der Waals surface area (Å²) in [5, 5.41) is 12.7. The fourth-order valence-corrected chi connectivity index (χ4v) is 9.87. The number of anilines is 4. The highest BCUT2D eigenvalue weighted by Crippen LogP contribution is 2.33. The average molecular weight is 790 g/mol. The van der Waals surface area contributed by atoms with Gasteiger partial charge in [0.15, 0.2) is 0 Å². The van der Waals surface area contributed by atoms with Crippen LogP contribution in [0.1, 0.15) is 95.3 Å². The zero-order valence-electron chi connectivity index (χ0n) is 31.8. The van der Waals surface area contributed by atoms with Gasteiger partial charge in [0.2, 0.25) is 11.8 Å². The molecule has 5 aliphatic rings. The molecule has 2 saturated carbocycles. The zero-order chi connectivity index (χ0) is 39.0. The van der Waals surface area contributed by atoms with E-state index in [2.05, 4.69) is 47.1 Å². The van der Waals surface area contributed by atoms with Crippen molar-refractivity contribution in [1.82, 2.24) is 30.4 Å². The van der Waals surface area contributed by atoms with E-state index in [0.717, 1.165) is 103 Å². The second-order valence-electron chi connectivity index (χ2n) is 16.1. The van der Waals surface area contributed by atoms with Crippen LogP contribution in [-0.4, -0.2) is 100 Å². The highest BCUT2D eigenvalue weighted by Gasteiger charge is 2.45. The first-order valence-electron chi connectivity index (χ1n) is 20.3. The van der Waals surface area contributed by atoms with Gasteiger partial charge in [-0.3, -0.25) is 39.1 Å². The van der Waals surface area contributed by atoms with Gasteiger partial charge in [-0.2, -0.15) is 0 Å². The van der Waals surface area contributed by atoms with Crippen molar-refractivity contribution in [3.05, 3.63) is 70.9 Å². The summed E-state index contributed by atoms with van der Waals surface area (Å²) in [6, 6.07) is 12.9. The molecular formula is C42H47N9O5S. The number of pyridine rings is 1. The summed E-state index contributed by atoms with van der Waals surface area (Å²) in [4.78, 5) is 79.1. The Bertz CT molecular complexity index is 2220. The summed E-state index contributed by atoms with van der Waals surface area (Å²) in [5.41, 5.74) is 6.63. The minimum atomic E-state index is -0.973. The van der Waals surface area contributed by atoms with E-state index < -0.39 is 29.7 Å². The number of aromatic nitrogens is 2. The number of hydrogen-bond acceptors (Lipinski definition) is 12. The van der Waals surface area contributed by atoms with E-state index in [0.29, 0.717) is 34.5 Å². The van der Waals surface area contributed by atoms with Crippen molar-refractivity contribution >= 4 is 74.0 Å². The Labute approximate surface area is 334 Å². The summed E-state index contributed by atoms with van der Waals surface area (Å²) in [6.07, 6.45) is 10.5. The normalized spacial score (nSPS) is 23.2. The van der Waals surface area contributed by atoms with E-state index >= 15 is 0 Å². The van der Waals surface area contributed by atoms with E-state index in [9.17, 15) is 24.0 Å². The number of carbonyl (C=O) groups excluding carboxylic acids is 5. The number of benzene rings is 2. The van der Waals surface area contributed by atoms with Crippen LogP contribution in [0.2, 0.25) is 0 Å². The molecule has 15 heteroatoms. The fraction of sp³-hybridized carbons (Fsp3) is 0.452.